The van der Waals surface area contributed by atoms with Crippen LogP contribution in [0.15, 0.2) is 78.4 Å². The number of allylic oxidation sites excluding steroid dienone is 1. The van der Waals surface area contributed by atoms with Crippen LogP contribution < -0.4 is 5.46 Å². The van der Waals surface area contributed by atoms with Crippen molar-refractivity contribution in [2.24, 2.45) is 0 Å². The molecule has 0 atom stereocenters. The molecule has 166 valence electrons. The van der Waals surface area contributed by atoms with E-state index in [1.807, 2.05) is 42.5 Å². The van der Waals surface area contributed by atoms with Crippen LogP contribution in [-0.2, 0) is 0 Å². The second kappa shape index (κ2) is 8.03. The maximum atomic E-state index is 13.2. The minimum absolute atomic E-state index is 0.145. The van der Waals surface area contributed by atoms with E-state index in [2.05, 4.69) is 30.5 Å². The molecule has 5 aromatic rings. The first kappa shape index (κ1) is 21.5. The Balaban J connectivity index is 1.59. The van der Waals surface area contributed by atoms with Gasteiger partial charge in [-0.2, -0.15) is 0 Å². The molecule has 0 bridgehead atoms. The summed E-state index contributed by atoms with van der Waals surface area (Å²) in [6.45, 7) is 4.11. The highest BCUT2D eigenvalue weighted by molar-refractivity contribution is 7.21. The number of rotatable bonds is 3. The lowest BCUT2D eigenvalue weighted by atomic mass is 9.92. The number of carbonyl (C=O) groups is 2. The molecule has 3 aromatic carbocycles. The molecule has 6 rings (SSSR count). The number of Topliss-reactive ketones (excluding diaryl/α,β-unsaturated/α-hetero) is 2. The van der Waals surface area contributed by atoms with E-state index in [9.17, 15) is 9.59 Å². The topological polar surface area (TPSA) is 52.0 Å². The van der Waals surface area contributed by atoms with Crippen molar-refractivity contribution in [3.8, 4) is 16.3 Å². The summed E-state index contributed by atoms with van der Waals surface area (Å²) in [4.78, 5) is 31.3. The summed E-state index contributed by atoms with van der Waals surface area (Å²) in [5.41, 5.74) is 7.12. The van der Waals surface area contributed by atoms with Gasteiger partial charge < -0.3 is 0 Å². The van der Waals surface area contributed by atoms with E-state index in [0.29, 0.717) is 16.6 Å². The van der Waals surface area contributed by atoms with Crippen LogP contribution in [0.3, 0.4) is 0 Å². The first-order valence-electron chi connectivity index (χ1n) is 11.3. The highest BCUT2D eigenvalue weighted by Crippen LogP contribution is 2.37. The smallest absolute Gasteiger partial charge is 0.197 e. The van der Waals surface area contributed by atoms with Crippen molar-refractivity contribution in [2.45, 2.75) is 13.8 Å². The standard InChI is InChI=1S/C29H19BN2O2S/c1-16-7-6-8-17(2)25(16)32-20(14-23-26(33)21-12-11-19(30)13-22(21)27(23)34)15-24-28(32)31-29(35-24)18-9-4-3-5-10-18/h3-15H,1-2H3/b23-14-. The van der Waals surface area contributed by atoms with E-state index in [0.717, 1.165) is 43.4 Å². The maximum absolute atomic E-state index is 13.2. The van der Waals surface area contributed by atoms with Gasteiger partial charge in [-0.25, -0.2) is 4.98 Å². The molecule has 6 heteroatoms. The maximum Gasteiger partial charge on any atom is 0.197 e. The fraction of sp³-hybridized carbons (Fsp3) is 0.0690. The highest BCUT2D eigenvalue weighted by atomic mass is 32.1. The van der Waals surface area contributed by atoms with Crippen molar-refractivity contribution >= 4 is 52.6 Å². The molecule has 4 nitrogen and oxygen atoms in total. The van der Waals surface area contributed by atoms with Gasteiger partial charge in [0, 0.05) is 16.7 Å². The number of ketones is 2. The summed E-state index contributed by atoms with van der Waals surface area (Å²) in [7, 11) is 5.88. The SMILES string of the molecule is [B]c1ccc2c(c1)C(=O)/C(=C\c1cc3sc(-c4ccccc4)nc3n1-c1c(C)cccc1C)C2=O. The number of fused-ring (bicyclic) bond motifs is 2. The van der Waals surface area contributed by atoms with E-state index in [1.165, 1.54) is 0 Å². The molecule has 1 aliphatic carbocycles. The Morgan fingerprint density at radius 2 is 1.57 bits per heavy atom. The Labute approximate surface area is 208 Å². The molecule has 0 saturated carbocycles. The van der Waals surface area contributed by atoms with Crippen molar-refractivity contribution in [3.63, 3.8) is 0 Å². The van der Waals surface area contributed by atoms with Crippen LogP contribution >= 0.6 is 11.3 Å². The number of aromatic nitrogens is 2. The van der Waals surface area contributed by atoms with E-state index in [4.69, 9.17) is 12.8 Å². The number of hydrogen-bond donors (Lipinski definition) is 0. The largest absolute Gasteiger partial charge is 0.293 e. The quantitative estimate of drug-likeness (QED) is 0.195. The van der Waals surface area contributed by atoms with E-state index >= 15 is 0 Å². The summed E-state index contributed by atoms with van der Waals surface area (Å²) < 4.78 is 3.05. The second-order valence-corrected chi connectivity index (χ2v) is 9.77. The molecule has 2 heterocycles. The fourth-order valence-electron chi connectivity index (χ4n) is 4.72. The average molecular weight is 470 g/mol. The van der Waals surface area contributed by atoms with Crippen LogP contribution in [0.25, 0.3) is 32.7 Å². The van der Waals surface area contributed by atoms with Gasteiger partial charge in [0.05, 0.1) is 21.7 Å². The first-order chi connectivity index (χ1) is 16.9. The van der Waals surface area contributed by atoms with Gasteiger partial charge >= 0.3 is 0 Å². The molecule has 2 radical (unpaired) electrons. The molecule has 0 fully saturated rings. The highest BCUT2D eigenvalue weighted by Gasteiger charge is 2.33. The minimum Gasteiger partial charge on any atom is -0.293 e. The number of carbonyl (C=O) groups excluding carboxylic acids is 2. The van der Waals surface area contributed by atoms with Crippen molar-refractivity contribution in [1.82, 2.24) is 9.55 Å². The minimum atomic E-state index is -0.298. The zero-order valence-electron chi connectivity index (χ0n) is 19.2. The molecule has 0 N–H and O–H groups in total. The zero-order chi connectivity index (χ0) is 24.3. The zero-order valence-corrected chi connectivity index (χ0v) is 20.0. The molecule has 35 heavy (non-hydrogen) atoms. The van der Waals surface area contributed by atoms with Gasteiger partial charge in [-0.05, 0) is 37.1 Å². The average Bonchev–Trinajstić information content (AvgIpc) is 3.47. The fourth-order valence-corrected chi connectivity index (χ4v) is 5.73. The molecular weight excluding hydrogens is 451 g/mol. The second-order valence-electron chi connectivity index (χ2n) is 8.74. The van der Waals surface area contributed by atoms with Gasteiger partial charge in [0.15, 0.2) is 17.2 Å². The monoisotopic (exact) mass is 470 g/mol. The summed E-state index contributed by atoms with van der Waals surface area (Å²) in [6, 6.07) is 23.1. The third kappa shape index (κ3) is 3.41. The molecule has 0 amide bonds. The van der Waals surface area contributed by atoms with Gasteiger partial charge in [-0.15, -0.1) is 11.3 Å². The Morgan fingerprint density at radius 3 is 2.31 bits per heavy atom. The van der Waals surface area contributed by atoms with Gasteiger partial charge in [-0.1, -0.05) is 72.2 Å². The normalized spacial score (nSPS) is 14.3. The molecular formula is C29H19BN2O2S. The van der Waals surface area contributed by atoms with E-state index in [-0.39, 0.29) is 17.1 Å². The Kier molecular flexibility index (Phi) is 4.93. The third-order valence-corrected chi connectivity index (χ3v) is 7.42. The van der Waals surface area contributed by atoms with Gasteiger partial charge in [-0.3, -0.25) is 14.2 Å². The van der Waals surface area contributed by atoms with Gasteiger partial charge in [0.25, 0.3) is 0 Å². The van der Waals surface area contributed by atoms with Gasteiger partial charge in [0.2, 0.25) is 0 Å². The molecule has 0 spiro atoms. The lowest BCUT2D eigenvalue weighted by Crippen LogP contribution is -2.06. The molecule has 0 unspecified atom stereocenters. The molecule has 1 aliphatic rings. The van der Waals surface area contributed by atoms with Crippen molar-refractivity contribution < 1.29 is 9.59 Å². The number of thiazole rings is 1. The van der Waals surface area contributed by atoms with Crippen LogP contribution in [0.1, 0.15) is 37.5 Å². The molecule has 2 aromatic heterocycles. The number of para-hydroxylation sites is 1. The van der Waals surface area contributed by atoms with E-state index in [1.54, 1.807) is 35.6 Å². The van der Waals surface area contributed by atoms with Crippen LogP contribution in [0.5, 0.6) is 0 Å². The van der Waals surface area contributed by atoms with Crippen LogP contribution in [0.4, 0.5) is 0 Å². The third-order valence-electron chi connectivity index (χ3n) is 6.38. The van der Waals surface area contributed by atoms with Crippen LogP contribution in [0.2, 0.25) is 0 Å². The number of nitrogens with zero attached hydrogens (tertiary/aromatic N) is 2. The van der Waals surface area contributed by atoms with Crippen molar-refractivity contribution in [1.29, 1.82) is 0 Å². The van der Waals surface area contributed by atoms with Crippen LogP contribution in [0, 0.1) is 13.8 Å². The number of benzene rings is 3. The predicted molar refractivity (Wildman–Crippen MR) is 142 cm³/mol. The number of aryl methyl sites for hydroxylation is 2. The predicted octanol–water partition coefficient (Wildman–Crippen LogP) is 5.63. The Bertz CT molecular complexity index is 1690. The first-order valence-corrected chi connectivity index (χ1v) is 12.1. The summed E-state index contributed by atoms with van der Waals surface area (Å²) in [5, 5.41) is 0.922. The molecule has 0 aliphatic heterocycles. The van der Waals surface area contributed by atoms with Gasteiger partial charge in [0.1, 0.15) is 12.9 Å². The molecule has 0 saturated heterocycles. The van der Waals surface area contributed by atoms with E-state index < -0.39 is 0 Å². The number of hydrogen-bond acceptors (Lipinski definition) is 4. The van der Waals surface area contributed by atoms with Crippen molar-refractivity contribution in [3.05, 3.63) is 106 Å². The lowest BCUT2D eigenvalue weighted by Gasteiger charge is -2.14. The van der Waals surface area contributed by atoms with Crippen molar-refractivity contribution in [2.75, 3.05) is 0 Å². The summed E-state index contributed by atoms with van der Waals surface area (Å²) in [5.74, 6) is -0.576. The lowest BCUT2D eigenvalue weighted by molar-refractivity contribution is 0.0990. The van der Waals surface area contributed by atoms with Crippen LogP contribution in [-0.4, -0.2) is 29.0 Å². The summed E-state index contributed by atoms with van der Waals surface area (Å²) >= 11 is 1.59. The Morgan fingerprint density at radius 1 is 0.857 bits per heavy atom. The Hall–Kier alpha value is -4.03. The summed E-state index contributed by atoms with van der Waals surface area (Å²) in [6.07, 6.45) is 1.70.